The van der Waals surface area contributed by atoms with Gasteiger partial charge < -0.3 is 0 Å². The molecular formula is C15H35O5Tl5. The summed E-state index contributed by atoms with van der Waals surface area (Å²) in [4.78, 5) is 0. The molecule has 0 aliphatic rings. The first kappa shape index (κ1) is 39.8. The maximum absolute atomic E-state index is 4.86. The first-order valence-electron chi connectivity index (χ1n) is 8.66. The van der Waals surface area contributed by atoms with Gasteiger partial charge in [0.1, 0.15) is 0 Å². The summed E-state index contributed by atoms with van der Waals surface area (Å²) in [7, 11) is 0. The van der Waals surface area contributed by atoms with Crippen molar-refractivity contribution in [2.75, 3.05) is 33.0 Å². The van der Waals surface area contributed by atoms with Crippen LogP contribution in [0.3, 0.4) is 0 Å². The summed E-state index contributed by atoms with van der Waals surface area (Å²) in [5.74, 6) is 0. The molecule has 0 aromatic heterocycles. The summed E-state index contributed by atoms with van der Waals surface area (Å²) in [6, 6.07) is 0. The number of hydrogen-bond acceptors (Lipinski definition) is 5. The van der Waals surface area contributed by atoms with Gasteiger partial charge in [0.25, 0.3) is 0 Å². The predicted octanol–water partition coefficient (Wildman–Crippen LogP) is 2.48. The van der Waals surface area contributed by atoms with Crippen LogP contribution in [0.5, 0.6) is 0 Å². The van der Waals surface area contributed by atoms with Crippen molar-refractivity contribution in [2.45, 2.75) is 66.7 Å². The Labute approximate surface area is 240 Å². The van der Waals surface area contributed by atoms with E-state index in [-0.39, 0.29) is 0 Å². The van der Waals surface area contributed by atoms with Crippen molar-refractivity contribution < 1.29 is 13.4 Å². The zero-order valence-corrected chi connectivity index (χ0v) is 39.4. The second kappa shape index (κ2) is 56.7. The minimum absolute atomic E-state index is 0.736. The fourth-order valence-corrected chi connectivity index (χ4v) is 5.17. The average molecular weight is 1320 g/mol. The van der Waals surface area contributed by atoms with Gasteiger partial charge in [0.15, 0.2) is 0 Å². The van der Waals surface area contributed by atoms with E-state index in [0.29, 0.717) is 0 Å². The maximum atomic E-state index is 4.86. The third kappa shape index (κ3) is 95.4. The first-order chi connectivity index (χ1) is 12.1. The van der Waals surface area contributed by atoms with Gasteiger partial charge in [-0.2, -0.15) is 0 Å². The third-order valence-corrected chi connectivity index (χ3v) is 6.19. The van der Waals surface area contributed by atoms with Gasteiger partial charge >= 0.3 is 244 Å². The quantitative estimate of drug-likeness (QED) is 0.316. The van der Waals surface area contributed by atoms with E-state index >= 15 is 0 Å². The second-order valence-electron chi connectivity index (χ2n) is 4.35. The monoisotopic (exact) mass is 1320 g/mol. The van der Waals surface area contributed by atoms with Crippen LogP contribution in [0.4, 0.5) is 0 Å². The van der Waals surface area contributed by atoms with Crippen molar-refractivity contribution in [3.05, 3.63) is 0 Å². The van der Waals surface area contributed by atoms with Crippen LogP contribution in [-0.2, 0) is 13.4 Å². The van der Waals surface area contributed by atoms with Gasteiger partial charge in [0.05, 0.1) is 0 Å². The summed E-state index contributed by atoms with van der Waals surface area (Å²) in [5, 5.41) is 0. The van der Waals surface area contributed by atoms with Crippen LogP contribution in [-0.4, -0.2) is 164 Å². The Bertz CT molecular complexity index is 107. The molecule has 0 rings (SSSR count). The molecule has 0 unspecified atom stereocenters. The van der Waals surface area contributed by atoms with Crippen molar-refractivity contribution in [2.24, 2.45) is 0 Å². The van der Waals surface area contributed by atoms with Crippen LogP contribution in [0.25, 0.3) is 0 Å². The molecule has 0 spiro atoms. The van der Waals surface area contributed by atoms with E-state index in [1.54, 1.807) is 0 Å². The summed E-state index contributed by atoms with van der Waals surface area (Å²) in [6.07, 6.45) is 5.82. The molecule has 0 aromatic rings. The van der Waals surface area contributed by atoms with Gasteiger partial charge in [-0.25, -0.2) is 0 Å². The molecule has 0 aliphatic carbocycles. The van der Waals surface area contributed by atoms with Crippen LogP contribution in [0.1, 0.15) is 66.7 Å². The summed E-state index contributed by atoms with van der Waals surface area (Å²) in [6.45, 7) is 15.4. The molecule has 140 valence electrons. The molecule has 0 saturated heterocycles. The van der Waals surface area contributed by atoms with E-state index in [0.717, 1.165) is 196 Å². The van der Waals surface area contributed by atoms with Crippen LogP contribution in [0.2, 0.25) is 0 Å². The summed E-state index contributed by atoms with van der Waals surface area (Å²) >= 11 is 3.68. The van der Waals surface area contributed by atoms with Gasteiger partial charge in [-0.3, -0.25) is 0 Å². The fourth-order valence-electron chi connectivity index (χ4n) is 0.589. The van der Waals surface area contributed by atoms with E-state index in [2.05, 4.69) is 34.6 Å². The molecule has 0 heterocycles. The van der Waals surface area contributed by atoms with Crippen molar-refractivity contribution in [1.29, 1.82) is 0 Å². The third-order valence-electron chi connectivity index (χ3n) is 1.61. The predicted molar refractivity (Wildman–Crippen MR) is 110 cm³/mol. The Hall–Kier alpha value is 4.41. The first-order valence-corrected chi connectivity index (χ1v) is 17.8. The average Bonchev–Trinajstić information content (AvgIpc) is 2.61. The molecule has 0 fully saturated rings. The Balaban J connectivity index is -0.0000000667. The van der Waals surface area contributed by atoms with Gasteiger partial charge in [-0.05, 0) is 0 Å². The van der Waals surface area contributed by atoms with Gasteiger partial charge in [-0.1, -0.05) is 0 Å². The zero-order chi connectivity index (χ0) is 20.6. The topological polar surface area (TPSA) is 46.2 Å². The molecular weight excluding hydrogens is 1280 g/mol. The molecule has 0 bridgehead atoms. The Morgan fingerprint density at radius 3 is 0.480 bits per heavy atom. The van der Waals surface area contributed by atoms with Crippen molar-refractivity contribution in [3.63, 3.8) is 0 Å². The zero-order valence-electron chi connectivity index (χ0n) is 17.0. The molecule has 0 N–H and O–H groups in total. The molecule has 5 nitrogen and oxygen atoms in total. The fraction of sp³-hybridized carbons (Fsp3) is 1.00. The van der Waals surface area contributed by atoms with E-state index in [9.17, 15) is 0 Å². The normalized spacial score (nSPS) is 8.00. The van der Waals surface area contributed by atoms with Gasteiger partial charge in [0.2, 0.25) is 0 Å². The molecule has 0 amide bonds. The van der Waals surface area contributed by atoms with Gasteiger partial charge in [0, 0.05) is 0 Å². The van der Waals surface area contributed by atoms with E-state index in [4.69, 9.17) is 13.4 Å². The minimum atomic E-state index is 0.736. The molecule has 0 radical (unpaired) electrons. The standard InChI is InChI=1S/5C3H7O.5Tl/c5*1-2-3-4;;;;;/h5*2-3H2,1H3;;;;;/q5*-1;5*+1. The van der Waals surface area contributed by atoms with Crippen LogP contribution in [0, 0.1) is 0 Å². The van der Waals surface area contributed by atoms with E-state index < -0.39 is 0 Å². The molecule has 10 heteroatoms. The molecule has 0 aromatic carbocycles. The second-order valence-corrected chi connectivity index (χ2v) is 10.8. The SMILES string of the molecule is CCC[O][Tl].CCC[O][Tl].CCC[O][Tl].CCC[O][Tl].CCC[O][Tl]. The molecule has 0 aliphatic heterocycles. The molecule has 0 saturated carbocycles. The Morgan fingerprint density at radius 1 is 0.360 bits per heavy atom. The number of rotatable bonds is 10. The Kier molecular flexibility index (Phi) is 90.3. The molecule has 0 atom stereocenters. The van der Waals surface area contributed by atoms with Gasteiger partial charge in [-0.15, -0.1) is 0 Å². The number of hydrogen-bond donors (Lipinski definition) is 0. The summed E-state index contributed by atoms with van der Waals surface area (Å²) < 4.78 is 24.3. The van der Waals surface area contributed by atoms with Crippen LogP contribution >= 0.6 is 0 Å². The van der Waals surface area contributed by atoms with E-state index in [1.807, 2.05) is 0 Å². The summed E-state index contributed by atoms with van der Waals surface area (Å²) in [5.41, 5.74) is 0. The van der Waals surface area contributed by atoms with Crippen LogP contribution in [0.15, 0.2) is 0 Å². The van der Waals surface area contributed by atoms with Crippen LogP contribution < -0.4 is 0 Å². The van der Waals surface area contributed by atoms with Crippen molar-refractivity contribution in [1.82, 2.24) is 0 Å². The Morgan fingerprint density at radius 2 is 0.480 bits per heavy atom. The van der Waals surface area contributed by atoms with Crippen molar-refractivity contribution in [3.8, 4) is 0 Å². The van der Waals surface area contributed by atoms with Crippen molar-refractivity contribution >= 4 is 131 Å². The van der Waals surface area contributed by atoms with E-state index in [1.165, 1.54) is 0 Å². The molecule has 25 heavy (non-hydrogen) atoms.